The molecule has 1 atom stereocenters. The standard InChI is InChI=1S/C17H21ClN2O3/c18-13-5-3-12(4-6-13)17(22)20-9-7-14(8-10-20)19-16(21)15-2-1-11-23-15/h3-6,14-15H,1-2,7-11H2,(H,19,21). The maximum atomic E-state index is 12.4. The van der Waals surface area contributed by atoms with Crippen molar-refractivity contribution in [3.8, 4) is 0 Å². The number of carbonyl (C=O) groups excluding carboxylic acids is 2. The molecule has 2 heterocycles. The molecule has 1 aromatic rings. The summed E-state index contributed by atoms with van der Waals surface area (Å²) in [5.41, 5.74) is 0.649. The second-order valence-electron chi connectivity index (χ2n) is 6.08. The van der Waals surface area contributed by atoms with Gasteiger partial charge in [-0.3, -0.25) is 9.59 Å². The average molecular weight is 337 g/mol. The zero-order valence-electron chi connectivity index (χ0n) is 13.0. The number of piperidine rings is 1. The van der Waals surface area contributed by atoms with Gasteiger partial charge >= 0.3 is 0 Å². The van der Waals surface area contributed by atoms with E-state index < -0.39 is 0 Å². The highest BCUT2D eigenvalue weighted by Crippen LogP contribution is 2.17. The van der Waals surface area contributed by atoms with Crippen molar-refractivity contribution in [2.45, 2.75) is 37.8 Å². The lowest BCUT2D eigenvalue weighted by Gasteiger charge is -2.33. The summed E-state index contributed by atoms with van der Waals surface area (Å²) in [7, 11) is 0. The van der Waals surface area contributed by atoms with Crippen LogP contribution < -0.4 is 5.32 Å². The van der Waals surface area contributed by atoms with Crippen molar-refractivity contribution >= 4 is 23.4 Å². The first-order chi connectivity index (χ1) is 11.1. The third-order valence-electron chi connectivity index (χ3n) is 4.44. The fourth-order valence-electron chi connectivity index (χ4n) is 3.08. The van der Waals surface area contributed by atoms with Crippen LogP contribution in [0.5, 0.6) is 0 Å². The van der Waals surface area contributed by atoms with Crippen molar-refractivity contribution < 1.29 is 14.3 Å². The van der Waals surface area contributed by atoms with Gasteiger partial charge in [0.05, 0.1) is 0 Å². The molecule has 5 nitrogen and oxygen atoms in total. The van der Waals surface area contributed by atoms with Gasteiger partial charge in [-0.1, -0.05) is 11.6 Å². The van der Waals surface area contributed by atoms with Gasteiger partial charge in [-0.2, -0.15) is 0 Å². The molecule has 23 heavy (non-hydrogen) atoms. The molecule has 2 saturated heterocycles. The summed E-state index contributed by atoms with van der Waals surface area (Å²) in [6.45, 7) is 1.97. The maximum Gasteiger partial charge on any atom is 0.253 e. The van der Waals surface area contributed by atoms with Crippen molar-refractivity contribution in [1.82, 2.24) is 10.2 Å². The molecule has 0 radical (unpaired) electrons. The maximum absolute atomic E-state index is 12.4. The first-order valence-corrected chi connectivity index (χ1v) is 8.48. The summed E-state index contributed by atoms with van der Waals surface area (Å²) in [5.74, 6) is 0.00977. The minimum absolute atomic E-state index is 0.00928. The molecule has 0 aromatic heterocycles. The highest BCUT2D eigenvalue weighted by atomic mass is 35.5. The van der Waals surface area contributed by atoms with Crippen molar-refractivity contribution in [2.24, 2.45) is 0 Å². The number of nitrogens with zero attached hydrogens (tertiary/aromatic N) is 1. The zero-order chi connectivity index (χ0) is 16.2. The van der Waals surface area contributed by atoms with Crippen LogP contribution in [0.2, 0.25) is 5.02 Å². The minimum atomic E-state index is -0.288. The summed E-state index contributed by atoms with van der Waals surface area (Å²) in [4.78, 5) is 26.3. The molecule has 2 aliphatic rings. The van der Waals surface area contributed by atoms with Crippen LogP contribution in [-0.2, 0) is 9.53 Å². The largest absolute Gasteiger partial charge is 0.368 e. The van der Waals surface area contributed by atoms with E-state index in [9.17, 15) is 9.59 Å². The lowest BCUT2D eigenvalue weighted by Crippen LogP contribution is -2.48. The predicted octanol–water partition coefficient (Wildman–Crippen LogP) is 2.24. The number of rotatable bonds is 3. The fourth-order valence-corrected chi connectivity index (χ4v) is 3.21. The molecule has 2 fully saturated rings. The van der Waals surface area contributed by atoms with Crippen LogP contribution in [0.1, 0.15) is 36.0 Å². The molecule has 1 aromatic carbocycles. The number of halogens is 1. The van der Waals surface area contributed by atoms with Crippen LogP contribution in [0.4, 0.5) is 0 Å². The average Bonchev–Trinajstić information content (AvgIpc) is 3.10. The Kier molecular flexibility index (Phi) is 5.18. The Hall–Kier alpha value is -1.59. The molecular formula is C17H21ClN2O3. The Bertz CT molecular complexity index is 562. The molecule has 0 saturated carbocycles. The van der Waals surface area contributed by atoms with Crippen molar-refractivity contribution in [3.05, 3.63) is 34.9 Å². The number of ether oxygens (including phenoxy) is 1. The molecule has 1 N–H and O–H groups in total. The molecule has 124 valence electrons. The molecule has 6 heteroatoms. The van der Waals surface area contributed by atoms with E-state index in [2.05, 4.69) is 5.32 Å². The van der Waals surface area contributed by atoms with Gasteiger partial charge in [0.25, 0.3) is 5.91 Å². The summed E-state index contributed by atoms with van der Waals surface area (Å²) in [6, 6.07) is 7.07. The lowest BCUT2D eigenvalue weighted by atomic mass is 10.0. The van der Waals surface area contributed by atoms with E-state index in [4.69, 9.17) is 16.3 Å². The minimum Gasteiger partial charge on any atom is -0.368 e. The predicted molar refractivity (Wildman–Crippen MR) is 87.5 cm³/mol. The first-order valence-electron chi connectivity index (χ1n) is 8.10. The number of carbonyl (C=O) groups is 2. The summed E-state index contributed by atoms with van der Waals surface area (Å²) >= 11 is 5.85. The van der Waals surface area contributed by atoms with Gasteiger partial charge in [0.1, 0.15) is 6.10 Å². The molecule has 0 aliphatic carbocycles. The molecule has 3 rings (SSSR count). The molecular weight excluding hydrogens is 316 g/mol. The van der Waals surface area contributed by atoms with Crippen molar-refractivity contribution in [1.29, 1.82) is 0 Å². The van der Waals surface area contributed by atoms with Crippen molar-refractivity contribution in [2.75, 3.05) is 19.7 Å². The van der Waals surface area contributed by atoms with Crippen molar-refractivity contribution in [3.63, 3.8) is 0 Å². The Labute approximate surface area is 140 Å². The number of nitrogens with one attached hydrogen (secondary N) is 1. The monoisotopic (exact) mass is 336 g/mol. The number of hydrogen-bond donors (Lipinski definition) is 1. The Morgan fingerprint density at radius 2 is 1.83 bits per heavy atom. The van der Waals surface area contributed by atoms with Crippen LogP contribution in [0.15, 0.2) is 24.3 Å². The van der Waals surface area contributed by atoms with E-state index in [0.717, 1.165) is 25.7 Å². The van der Waals surface area contributed by atoms with Gasteiger partial charge in [-0.25, -0.2) is 0 Å². The van der Waals surface area contributed by atoms with E-state index in [-0.39, 0.29) is 24.0 Å². The van der Waals surface area contributed by atoms with E-state index in [0.29, 0.717) is 30.3 Å². The van der Waals surface area contributed by atoms with Crippen LogP contribution >= 0.6 is 11.6 Å². The smallest absolute Gasteiger partial charge is 0.253 e. The van der Waals surface area contributed by atoms with Gasteiger partial charge in [-0.05, 0) is 49.9 Å². The van der Waals surface area contributed by atoms with Gasteiger partial charge in [0.2, 0.25) is 5.91 Å². The molecule has 0 bridgehead atoms. The quantitative estimate of drug-likeness (QED) is 0.921. The number of benzene rings is 1. The Morgan fingerprint density at radius 3 is 2.43 bits per heavy atom. The van der Waals surface area contributed by atoms with E-state index in [1.807, 2.05) is 4.90 Å². The Morgan fingerprint density at radius 1 is 1.13 bits per heavy atom. The molecule has 1 unspecified atom stereocenters. The molecule has 2 aliphatic heterocycles. The number of likely N-dealkylation sites (tertiary alicyclic amines) is 1. The normalized spacial score (nSPS) is 22.1. The van der Waals surface area contributed by atoms with E-state index in [1.54, 1.807) is 24.3 Å². The second-order valence-corrected chi connectivity index (χ2v) is 6.52. The third-order valence-corrected chi connectivity index (χ3v) is 4.69. The molecule has 2 amide bonds. The SMILES string of the molecule is O=C(NC1CCN(C(=O)c2ccc(Cl)cc2)CC1)C1CCCO1. The highest BCUT2D eigenvalue weighted by molar-refractivity contribution is 6.30. The lowest BCUT2D eigenvalue weighted by molar-refractivity contribution is -0.131. The van der Waals surface area contributed by atoms with E-state index >= 15 is 0 Å². The Balaban J connectivity index is 1.49. The third kappa shape index (κ3) is 4.03. The van der Waals surface area contributed by atoms with Gasteiger partial charge in [0.15, 0.2) is 0 Å². The second kappa shape index (κ2) is 7.32. The van der Waals surface area contributed by atoms with Crippen LogP contribution in [0.25, 0.3) is 0 Å². The van der Waals surface area contributed by atoms with Gasteiger partial charge in [0, 0.05) is 36.3 Å². The first kappa shape index (κ1) is 16.3. The molecule has 0 spiro atoms. The number of amides is 2. The van der Waals surface area contributed by atoms with Crippen LogP contribution in [0.3, 0.4) is 0 Å². The topological polar surface area (TPSA) is 58.6 Å². The van der Waals surface area contributed by atoms with Crippen LogP contribution in [0, 0.1) is 0 Å². The van der Waals surface area contributed by atoms with E-state index in [1.165, 1.54) is 0 Å². The van der Waals surface area contributed by atoms with Gasteiger partial charge < -0.3 is 15.0 Å². The zero-order valence-corrected chi connectivity index (χ0v) is 13.7. The highest BCUT2D eigenvalue weighted by Gasteiger charge is 2.28. The number of hydrogen-bond acceptors (Lipinski definition) is 3. The fraction of sp³-hybridized carbons (Fsp3) is 0.529. The van der Waals surface area contributed by atoms with Crippen LogP contribution in [-0.4, -0.2) is 48.6 Å². The summed E-state index contributed by atoms with van der Waals surface area (Å²) < 4.78 is 5.40. The summed E-state index contributed by atoms with van der Waals surface area (Å²) in [5, 5.41) is 3.67. The van der Waals surface area contributed by atoms with Gasteiger partial charge in [-0.15, -0.1) is 0 Å². The summed E-state index contributed by atoms with van der Waals surface area (Å²) in [6.07, 6.45) is 3.02.